The van der Waals surface area contributed by atoms with Crippen LogP contribution in [0.5, 0.6) is 5.75 Å². The molecule has 0 radical (unpaired) electrons. The number of nitrogens with one attached hydrogen (secondary N) is 1. The van der Waals surface area contributed by atoms with Crippen LogP contribution in [0.1, 0.15) is 13.8 Å². The fourth-order valence-electron chi connectivity index (χ4n) is 1.30. The van der Waals surface area contributed by atoms with Gasteiger partial charge in [0.25, 0.3) is 0 Å². The van der Waals surface area contributed by atoms with Gasteiger partial charge in [-0.25, -0.2) is 5.84 Å². The molecular formula is C11H14ClN3O4. The molecule has 0 saturated heterocycles. The zero-order chi connectivity index (χ0) is 14.6. The average molecular weight is 288 g/mol. The number of nitro benzene ring substituents is 1. The number of carbonyl (C=O) groups is 1. The van der Waals surface area contributed by atoms with Crippen molar-refractivity contribution in [2.75, 3.05) is 6.61 Å². The minimum atomic E-state index is -0.943. The van der Waals surface area contributed by atoms with Crippen molar-refractivity contribution in [3.63, 3.8) is 0 Å². The third-order valence-electron chi connectivity index (χ3n) is 2.47. The molecule has 7 nitrogen and oxygen atoms in total. The lowest BCUT2D eigenvalue weighted by molar-refractivity contribution is -0.385. The highest BCUT2D eigenvalue weighted by molar-refractivity contribution is 6.32. The summed E-state index contributed by atoms with van der Waals surface area (Å²) in [5.74, 6) is 4.54. The second-order valence-electron chi connectivity index (χ2n) is 4.49. The monoisotopic (exact) mass is 287 g/mol. The van der Waals surface area contributed by atoms with E-state index in [1.807, 2.05) is 5.43 Å². The van der Waals surface area contributed by atoms with Crippen LogP contribution in [0.3, 0.4) is 0 Å². The van der Waals surface area contributed by atoms with Crippen LogP contribution in [0.4, 0.5) is 5.69 Å². The van der Waals surface area contributed by atoms with E-state index < -0.39 is 16.2 Å². The minimum Gasteiger partial charge on any atom is -0.485 e. The van der Waals surface area contributed by atoms with Gasteiger partial charge in [-0.1, -0.05) is 17.7 Å². The van der Waals surface area contributed by atoms with E-state index in [0.29, 0.717) is 0 Å². The van der Waals surface area contributed by atoms with Crippen molar-refractivity contribution >= 4 is 23.2 Å². The first-order valence-electron chi connectivity index (χ1n) is 5.36. The molecule has 0 atom stereocenters. The highest BCUT2D eigenvalue weighted by Crippen LogP contribution is 2.35. The van der Waals surface area contributed by atoms with Gasteiger partial charge in [-0.05, 0) is 19.9 Å². The molecular weight excluding hydrogens is 274 g/mol. The number of hydrogen-bond acceptors (Lipinski definition) is 5. The number of halogens is 1. The predicted molar refractivity (Wildman–Crippen MR) is 69.7 cm³/mol. The van der Waals surface area contributed by atoms with Gasteiger partial charge in [0.2, 0.25) is 11.7 Å². The van der Waals surface area contributed by atoms with Crippen LogP contribution in [-0.2, 0) is 4.79 Å². The maximum Gasteiger partial charge on any atom is 0.312 e. The number of carbonyl (C=O) groups excluding carboxylic acids is 1. The molecule has 0 bridgehead atoms. The van der Waals surface area contributed by atoms with E-state index in [1.165, 1.54) is 18.2 Å². The van der Waals surface area contributed by atoms with E-state index in [-0.39, 0.29) is 23.1 Å². The molecule has 0 heterocycles. The standard InChI is InChI=1S/C11H14ClN3O4/c1-11(2,10(16)14-13)6-19-9-7(12)4-3-5-8(9)15(17)18/h3-5H,6,13H2,1-2H3,(H,14,16). The van der Waals surface area contributed by atoms with Gasteiger partial charge in [-0.3, -0.25) is 20.3 Å². The molecule has 19 heavy (non-hydrogen) atoms. The zero-order valence-corrected chi connectivity index (χ0v) is 11.2. The van der Waals surface area contributed by atoms with Crippen molar-refractivity contribution < 1.29 is 14.5 Å². The van der Waals surface area contributed by atoms with Gasteiger partial charge >= 0.3 is 5.69 Å². The van der Waals surface area contributed by atoms with Gasteiger partial charge in [0.05, 0.1) is 15.4 Å². The number of nitrogens with zero attached hydrogens (tertiary/aromatic N) is 1. The summed E-state index contributed by atoms with van der Waals surface area (Å²) < 4.78 is 5.33. The van der Waals surface area contributed by atoms with Crippen LogP contribution in [-0.4, -0.2) is 17.4 Å². The van der Waals surface area contributed by atoms with E-state index in [2.05, 4.69) is 0 Å². The lowest BCUT2D eigenvalue weighted by Gasteiger charge is -2.22. The number of rotatable bonds is 5. The Morgan fingerprint density at radius 3 is 2.74 bits per heavy atom. The van der Waals surface area contributed by atoms with Crippen molar-refractivity contribution in [1.82, 2.24) is 5.43 Å². The Bertz CT molecular complexity index is 505. The minimum absolute atomic E-state index is 0.0629. The second kappa shape index (κ2) is 5.85. The van der Waals surface area contributed by atoms with E-state index in [0.717, 1.165) is 0 Å². The molecule has 1 aromatic carbocycles. The second-order valence-corrected chi connectivity index (χ2v) is 4.90. The van der Waals surface area contributed by atoms with Crippen LogP contribution < -0.4 is 16.0 Å². The largest absolute Gasteiger partial charge is 0.485 e. The number of hydrogen-bond donors (Lipinski definition) is 2. The highest BCUT2D eigenvalue weighted by Gasteiger charge is 2.30. The first-order chi connectivity index (χ1) is 8.79. The molecule has 0 aromatic heterocycles. The van der Waals surface area contributed by atoms with Crippen molar-refractivity contribution in [3.05, 3.63) is 33.3 Å². The van der Waals surface area contributed by atoms with Crippen molar-refractivity contribution in [2.24, 2.45) is 11.3 Å². The maximum atomic E-state index is 11.5. The van der Waals surface area contributed by atoms with Gasteiger partial charge in [-0.15, -0.1) is 0 Å². The smallest absolute Gasteiger partial charge is 0.312 e. The predicted octanol–water partition coefficient (Wildman–Crippen LogP) is 1.64. The third kappa shape index (κ3) is 3.55. The van der Waals surface area contributed by atoms with Crippen LogP contribution in [0, 0.1) is 15.5 Å². The Kier molecular flexibility index (Phi) is 4.68. The van der Waals surface area contributed by atoms with E-state index in [1.54, 1.807) is 13.8 Å². The molecule has 0 saturated carbocycles. The Balaban J connectivity index is 2.95. The lowest BCUT2D eigenvalue weighted by Crippen LogP contribution is -2.44. The van der Waals surface area contributed by atoms with Gasteiger partial charge < -0.3 is 4.74 Å². The number of nitrogens with two attached hydrogens (primary N) is 1. The fraction of sp³-hybridized carbons (Fsp3) is 0.364. The Hall–Kier alpha value is -1.86. The number of ether oxygens (including phenoxy) is 1. The summed E-state index contributed by atoms with van der Waals surface area (Å²) in [4.78, 5) is 21.7. The van der Waals surface area contributed by atoms with Gasteiger partial charge in [-0.2, -0.15) is 0 Å². The molecule has 0 aliphatic rings. The summed E-state index contributed by atoms with van der Waals surface area (Å²) in [6.45, 7) is 3.09. The lowest BCUT2D eigenvalue weighted by atomic mass is 9.94. The molecule has 0 fully saturated rings. The van der Waals surface area contributed by atoms with E-state index in [9.17, 15) is 14.9 Å². The van der Waals surface area contributed by atoms with Gasteiger partial charge in [0, 0.05) is 6.07 Å². The quantitative estimate of drug-likeness (QED) is 0.370. The third-order valence-corrected chi connectivity index (χ3v) is 2.76. The summed E-state index contributed by atoms with van der Waals surface area (Å²) in [5.41, 5.74) is 0.812. The van der Waals surface area contributed by atoms with Gasteiger partial charge in [0.1, 0.15) is 6.61 Å². The summed E-state index contributed by atoms with van der Waals surface area (Å²) >= 11 is 5.86. The Labute approximate surface area is 114 Å². The Morgan fingerprint density at radius 1 is 1.58 bits per heavy atom. The molecule has 104 valence electrons. The molecule has 1 amide bonds. The molecule has 1 aromatic rings. The van der Waals surface area contributed by atoms with E-state index >= 15 is 0 Å². The van der Waals surface area contributed by atoms with Crippen LogP contribution in [0.25, 0.3) is 0 Å². The van der Waals surface area contributed by atoms with Crippen LogP contribution >= 0.6 is 11.6 Å². The fourth-order valence-corrected chi connectivity index (χ4v) is 1.52. The number of amides is 1. The van der Waals surface area contributed by atoms with Crippen molar-refractivity contribution in [2.45, 2.75) is 13.8 Å². The normalized spacial score (nSPS) is 10.9. The summed E-state index contributed by atoms with van der Waals surface area (Å²) in [7, 11) is 0. The molecule has 0 aliphatic carbocycles. The molecule has 8 heteroatoms. The molecule has 0 spiro atoms. The maximum absolute atomic E-state index is 11.5. The highest BCUT2D eigenvalue weighted by atomic mass is 35.5. The first-order valence-corrected chi connectivity index (χ1v) is 5.74. The van der Waals surface area contributed by atoms with E-state index in [4.69, 9.17) is 22.2 Å². The number of para-hydroxylation sites is 1. The summed E-state index contributed by atoms with van der Waals surface area (Å²) in [5, 5.41) is 11.0. The number of benzene rings is 1. The first kappa shape index (κ1) is 15.2. The molecule has 1 rings (SSSR count). The molecule has 0 unspecified atom stereocenters. The van der Waals surface area contributed by atoms with Gasteiger partial charge in [0.15, 0.2) is 0 Å². The summed E-state index contributed by atoms with van der Waals surface area (Å²) in [6, 6.07) is 4.20. The zero-order valence-electron chi connectivity index (χ0n) is 10.5. The Morgan fingerprint density at radius 2 is 2.21 bits per heavy atom. The SMILES string of the molecule is CC(C)(COc1c(Cl)cccc1[N+](=O)[O-])C(=O)NN. The number of hydrazine groups is 1. The topological polar surface area (TPSA) is 107 Å². The summed E-state index contributed by atoms with van der Waals surface area (Å²) in [6.07, 6.45) is 0. The van der Waals surface area contributed by atoms with Crippen molar-refractivity contribution in [1.29, 1.82) is 0 Å². The molecule has 3 N–H and O–H groups in total. The van der Waals surface area contributed by atoms with Crippen LogP contribution in [0.15, 0.2) is 18.2 Å². The van der Waals surface area contributed by atoms with Crippen molar-refractivity contribution in [3.8, 4) is 5.75 Å². The number of nitro groups is 1. The average Bonchev–Trinajstić information content (AvgIpc) is 2.35. The molecule has 0 aliphatic heterocycles. The van der Waals surface area contributed by atoms with Crippen LogP contribution in [0.2, 0.25) is 5.02 Å².